The first-order valence-corrected chi connectivity index (χ1v) is 4.71. The fourth-order valence-corrected chi connectivity index (χ4v) is 2.25. The first-order valence-electron chi connectivity index (χ1n) is 4.71. The van der Waals surface area contributed by atoms with Gasteiger partial charge in [0.25, 0.3) is 0 Å². The van der Waals surface area contributed by atoms with Crippen LogP contribution in [-0.4, -0.2) is 5.78 Å². The average Bonchev–Trinajstić information content (AvgIpc) is 2.12. The Bertz CT molecular complexity index is 322. The lowest BCUT2D eigenvalue weighted by molar-refractivity contribution is -0.112. The highest BCUT2D eigenvalue weighted by Crippen LogP contribution is 2.45. The van der Waals surface area contributed by atoms with Gasteiger partial charge in [0.05, 0.1) is 0 Å². The predicted molar refractivity (Wildman–Crippen MR) is 53.3 cm³/mol. The zero-order valence-corrected chi connectivity index (χ0v) is 7.92. The minimum absolute atomic E-state index is 0.109. The lowest BCUT2D eigenvalue weighted by atomic mass is 9.64. The van der Waals surface area contributed by atoms with Gasteiger partial charge in [-0.05, 0) is 35.8 Å². The summed E-state index contributed by atoms with van der Waals surface area (Å²) >= 11 is 0. The number of hydrogen-bond donors (Lipinski definition) is 0. The topological polar surface area (TPSA) is 17.1 Å². The van der Waals surface area contributed by atoms with E-state index in [1.165, 1.54) is 0 Å². The number of carbonyl (C=O) groups is 1. The highest BCUT2D eigenvalue weighted by Gasteiger charge is 2.38. The number of carbonyl (C=O) groups excluding carboxylic acids is 1. The van der Waals surface area contributed by atoms with Crippen molar-refractivity contribution in [3.63, 3.8) is 0 Å². The summed E-state index contributed by atoms with van der Waals surface area (Å²) in [5, 5.41) is 0. The fraction of sp³-hybridized carbons (Fsp3) is 0.417. The van der Waals surface area contributed by atoms with Gasteiger partial charge < -0.3 is 0 Å². The second-order valence-electron chi connectivity index (χ2n) is 4.19. The van der Waals surface area contributed by atoms with E-state index in [4.69, 9.17) is 0 Å². The molecular formula is C12H14O. The van der Waals surface area contributed by atoms with E-state index in [0.29, 0.717) is 5.92 Å². The monoisotopic (exact) mass is 174 g/mol. The van der Waals surface area contributed by atoms with Crippen LogP contribution in [0.5, 0.6) is 0 Å². The third-order valence-corrected chi connectivity index (χ3v) is 3.24. The van der Waals surface area contributed by atoms with E-state index in [0.717, 1.165) is 18.4 Å². The van der Waals surface area contributed by atoms with Gasteiger partial charge in [0.2, 0.25) is 0 Å². The summed E-state index contributed by atoms with van der Waals surface area (Å²) in [6.07, 6.45) is 10.1. The molecule has 0 fully saturated rings. The number of hydrogen-bond acceptors (Lipinski definition) is 1. The van der Waals surface area contributed by atoms with Crippen molar-refractivity contribution in [3.05, 3.63) is 36.5 Å². The molecule has 2 aliphatic rings. The highest BCUT2D eigenvalue weighted by molar-refractivity contribution is 6.05. The van der Waals surface area contributed by atoms with E-state index >= 15 is 0 Å². The number of ketones is 1. The highest BCUT2D eigenvalue weighted by atomic mass is 16.1. The van der Waals surface area contributed by atoms with E-state index in [2.05, 4.69) is 31.7 Å². The molecule has 0 aromatic heterocycles. The van der Waals surface area contributed by atoms with E-state index in [1.54, 1.807) is 6.08 Å². The molecule has 0 bridgehead atoms. The van der Waals surface area contributed by atoms with Crippen LogP contribution in [0.4, 0.5) is 0 Å². The van der Waals surface area contributed by atoms with Crippen LogP contribution in [0.2, 0.25) is 0 Å². The molecule has 0 radical (unpaired) electrons. The van der Waals surface area contributed by atoms with Crippen LogP contribution in [0.3, 0.4) is 0 Å². The van der Waals surface area contributed by atoms with Crippen molar-refractivity contribution < 1.29 is 4.79 Å². The Hall–Kier alpha value is -1.11. The summed E-state index contributed by atoms with van der Waals surface area (Å²) in [5.74, 6) is 0.438. The summed E-state index contributed by atoms with van der Waals surface area (Å²) in [5.41, 5.74) is 0.925. The van der Waals surface area contributed by atoms with Crippen LogP contribution >= 0.6 is 0 Å². The summed E-state index contributed by atoms with van der Waals surface area (Å²) in [7, 11) is 0. The second-order valence-corrected chi connectivity index (χ2v) is 4.19. The summed E-state index contributed by atoms with van der Waals surface area (Å²) in [4.78, 5) is 11.4. The number of allylic oxidation sites excluding steroid dienone is 5. The van der Waals surface area contributed by atoms with Crippen LogP contribution in [0.15, 0.2) is 36.5 Å². The zero-order chi connectivity index (χ0) is 9.47. The minimum Gasteiger partial charge on any atom is -0.290 e. The van der Waals surface area contributed by atoms with Crippen LogP contribution in [0, 0.1) is 11.3 Å². The lowest BCUT2D eigenvalue weighted by Crippen LogP contribution is -2.33. The quantitative estimate of drug-likeness (QED) is 0.407. The van der Waals surface area contributed by atoms with Gasteiger partial charge in [-0.3, -0.25) is 4.79 Å². The Kier molecular flexibility index (Phi) is 1.76. The van der Waals surface area contributed by atoms with Crippen molar-refractivity contribution in [1.29, 1.82) is 0 Å². The molecule has 0 aliphatic heterocycles. The molecule has 0 aromatic carbocycles. The Balaban J connectivity index is 2.43. The third kappa shape index (κ3) is 1.19. The van der Waals surface area contributed by atoms with Crippen molar-refractivity contribution in [2.75, 3.05) is 0 Å². The van der Waals surface area contributed by atoms with E-state index in [-0.39, 0.29) is 11.2 Å². The molecule has 2 aliphatic carbocycles. The molecule has 0 saturated carbocycles. The second kappa shape index (κ2) is 2.69. The minimum atomic E-state index is 0.109. The molecule has 0 amide bonds. The van der Waals surface area contributed by atoms with Crippen molar-refractivity contribution in [2.24, 2.45) is 11.3 Å². The van der Waals surface area contributed by atoms with Crippen LogP contribution in [-0.2, 0) is 4.79 Å². The van der Waals surface area contributed by atoms with Crippen molar-refractivity contribution in [2.45, 2.75) is 19.8 Å². The Morgan fingerprint density at radius 2 is 2.31 bits per heavy atom. The van der Waals surface area contributed by atoms with E-state index < -0.39 is 0 Å². The summed E-state index contributed by atoms with van der Waals surface area (Å²) < 4.78 is 0. The van der Waals surface area contributed by atoms with Gasteiger partial charge in [0.1, 0.15) is 0 Å². The van der Waals surface area contributed by atoms with Crippen molar-refractivity contribution >= 4 is 5.78 Å². The maximum absolute atomic E-state index is 11.4. The average molecular weight is 174 g/mol. The molecule has 2 atom stereocenters. The van der Waals surface area contributed by atoms with Gasteiger partial charge in [-0.25, -0.2) is 0 Å². The molecule has 0 saturated heterocycles. The smallest absolute Gasteiger partial charge is 0.181 e. The normalized spacial score (nSPS) is 37.8. The van der Waals surface area contributed by atoms with Gasteiger partial charge >= 0.3 is 0 Å². The largest absolute Gasteiger partial charge is 0.290 e. The third-order valence-electron chi connectivity index (χ3n) is 3.24. The standard InChI is InChI=1S/C12H14O/c1-9-10-5-3-4-7-12(10,2)8-6-11(9)13/h3-4,6,8,10H,1,5,7H2,2H3. The number of rotatable bonds is 0. The molecule has 0 N–H and O–H groups in total. The summed E-state index contributed by atoms with van der Waals surface area (Å²) in [6, 6.07) is 0. The SMILES string of the molecule is C=C1C(=O)C=CC2(C)CC=CCC12. The summed E-state index contributed by atoms with van der Waals surface area (Å²) in [6.45, 7) is 6.09. The van der Waals surface area contributed by atoms with Gasteiger partial charge in [0, 0.05) is 0 Å². The Morgan fingerprint density at radius 1 is 1.54 bits per heavy atom. The van der Waals surface area contributed by atoms with Gasteiger partial charge in [0.15, 0.2) is 5.78 Å². The van der Waals surface area contributed by atoms with Gasteiger partial charge in [-0.2, -0.15) is 0 Å². The predicted octanol–water partition coefficient (Wildman–Crippen LogP) is 2.65. The maximum Gasteiger partial charge on any atom is 0.181 e. The molecule has 2 unspecified atom stereocenters. The molecule has 0 heterocycles. The molecule has 0 aromatic rings. The number of fused-ring (bicyclic) bond motifs is 1. The molecular weight excluding hydrogens is 160 g/mol. The van der Waals surface area contributed by atoms with Gasteiger partial charge in [-0.1, -0.05) is 31.7 Å². The van der Waals surface area contributed by atoms with Crippen LogP contribution in [0.25, 0.3) is 0 Å². The maximum atomic E-state index is 11.4. The van der Waals surface area contributed by atoms with Gasteiger partial charge in [-0.15, -0.1) is 0 Å². The Labute approximate surface area is 78.8 Å². The zero-order valence-electron chi connectivity index (χ0n) is 7.92. The first kappa shape index (κ1) is 8.49. The molecule has 1 heteroatoms. The van der Waals surface area contributed by atoms with Crippen LogP contribution < -0.4 is 0 Å². The molecule has 13 heavy (non-hydrogen) atoms. The van der Waals surface area contributed by atoms with Crippen molar-refractivity contribution in [3.8, 4) is 0 Å². The Morgan fingerprint density at radius 3 is 3.08 bits per heavy atom. The van der Waals surface area contributed by atoms with Crippen molar-refractivity contribution in [1.82, 2.24) is 0 Å². The van der Waals surface area contributed by atoms with Crippen LogP contribution in [0.1, 0.15) is 19.8 Å². The first-order chi connectivity index (χ1) is 6.13. The van der Waals surface area contributed by atoms with E-state index in [9.17, 15) is 4.79 Å². The van der Waals surface area contributed by atoms with E-state index in [1.807, 2.05) is 0 Å². The lowest BCUT2D eigenvalue weighted by Gasteiger charge is -2.39. The molecule has 1 nitrogen and oxygen atoms in total. The molecule has 68 valence electrons. The molecule has 0 spiro atoms. The molecule has 2 rings (SSSR count). The fourth-order valence-electron chi connectivity index (χ4n) is 2.25.